The fourth-order valence-electron chi connectivity index (χ4n) is 3.48. The second-order valence-electron chi connectivity index (χ2n) is 7.65. The lowest BCUT2D eigenvalue weighted by Gasteiger charge is -2.13. The van der Waals surface area contributed by atoms with Crippen molar-refractivity contribution < 1.29 is 14.6 Å². The molecule has 0 unspecified atom stereocenters. The fraction of sp³-hybridized carbons (Fsp3) is 0.148. The Kier molecular flexibility index (Phi) is 8.25. The largest absolute Gasteiger partial charge is 0.508 e. The van der Waals surface area contributed by atoms with E-state index in [1.165, 1.54) is 11.8 Å². The zero-order chi connectivity index (χ0) is 25.3. The number of phenols is 1. The lowest BCUT2D eigenvalue weighted by atomic mass is 10.1. The number of phenolic OH excluding ortho intramolecular Hbond substituents is 1. The summed E-state index contributed by atoms with van der Waals surface area (Å²) in [7, 11) is 0. The lowest BCUT2D eigenvalue weighted by molar-refractivity contribution is -0.119. The van der Waals surface area contributed by atoms with Gasteiger partial charge in [-0.25, -0.2) is 0 Å². The maximum absolute atomic E-state index is 12.6. The summed E-state index contributed by atoms with van der Waals surface area (Å²) in [6.45, 7) is 4.40. The quantitative estimate of drug-likeness (QED) is 0.212. The van der Waals surface area contributed by atoms with Crippen LogP contribution in [0.4, 0.5) is 0 Å². The summed E-state index contributed by atoms with van der Waals surface area (Å²) in [5.74, 6) is 1.55. The number of amides is 1. The number of aromatic hydroxyl groups is 1. The first kappa shape index (κ1) is 24.9. The van der Waals surface area contributed by atoms with Crippen LogP contribution in [0.15, 0.2) is 90.1 Å². The van der Waals surface area contributed by atoms with Crippen molar-refractivity contribution in [1.29, 1.82) is 0 Å². The number of thioether (sulfide) groups is 1. The number of nitrogens with one attached hydrogen (secondary N) is 2. The molecule has 3 N–H and O–H groups in total. The molecule has 0 fully saturated rings. The Bertz CT molecular complexity index is 1320. The molecule has 8 nitrogen and oxygen atoms in total. The fourth-order valence-corrected chi connectivity index (χ4v) is 4.24. The summed E-state index contributed by atoms with van der Waals surface area (Å²) in [5.41, 5.74) is 9.01. The zero-order valence-corrected chi connectivity index (χ0v) is 20.8. The zero-order valence-electron chi connectivity index (χ0n) is 20.0. The highest BCUT2D eigenvalue weighted by molar-refractivity contribution is 7.99. The molecule has 1 aromatic heterocycles. The molecular weight excluding hydrogens is 474 g/mol. The molecule has 0 aliphatic rings. The average Bonchev–Trinajstić information content (AvgIpc) is 3.34. The van der Waals surface area contributed by atoms with Crippen molar-refractivity contribution in [3.05, 3.63) is 90.5 Å². The average molecular weight is 502 g/mol. The van der Waals surface area contributed by atoms with Crippen molar-refractivity contribution in [3.8, 4) is 28.6 Å². The van der Waals surface area contributed by atoms with Crippen molar-refractivity contribution in [2.75, 3.05) is 12.4 Å². The van der Waals surface area contributed by atoms with Gasteiger partial charge in [0.25, 0.3) is 0 Å². The summed E-state index contributed by atoms with van der Waals surface area (Å²) in [4.78, 5) is 12.6. The number of hydrogen-bond acceptors (Lipinski definition) is 7. The van der Waals surface area contributed by atoms with Crippen molar-refractivity contribution in [2.24, 2.45) is 0 Å². The van der Waals surface area contributed by atoms with Gasteiger partial charge in [-0.1, -0.05) is 48.2 Å². The van der Waals surface area contributed by atoms with Gasteiger partial charge in [-0.15, -0.1) is 10.2 Å². The van der Waals surface area contributed by atoms with Gasteiger partial charge >= 0.3 is 0 Å². The summed E-state index contributed by atoms with van der Waals surface area (Å²) in [5, 5.41) is 18.9. The van der Waals surface area contributed by atoms with Gasteiger partial charge in [-0.3, -0.25) is 20.2 Å². The maximum Gasteiger partial charge on any atom is 0.248 e. The number of hydrazine groups is 1. The number of ether oxygens (including phenoxy) is 1. The third-order valence-electron chi connectivity index (χ3n) is 5.21. The standard InChI is InChI=1S/C27H27N5O3S/c1-3-24(19-10-14-22(33)15-11-19)28-29-25(34)18-36-27-31-30-26(20-8-6-5-7-9-20)32(27)21-12-16-23(17-13-21)35-4-2/h3,5-17,28,33H,4,18H2,1-2H3,(H,29,34). The first-order valence-corrected chi connectivity index (χ1v) is 12.4. The number of benzene rings is 3. The van der Waals surface area contributed by atoms with E-state index in [0.29, 0.717) is 17.6 Å². The van der Waals surface area contributed by atoms with E-state index in [0.717, 1.165) is 28.3 Å². The van der Waals surface area contributed by atoms with Gasteiger partial charge < -0.3 is 9.84 Å². The molecule has 4 aromatic rings. The third kappa shape index (κ3) is 6.05. The molecule has 0 bridgehead atoms. The van der Waals surface area contributed by atoms with E-state index in [2.05, 4.69) is 21.0 Å². The van der Waals surface area contributed by atoms with Gasteiger partial charge in [0.1, 0.15) is 11.5 Å². The molecule has 4 rings (SSSR count). The molecule has 0 saturated carbocycles. The monoisotopic (exact) mass is 501 g/mol. The van der Waals surface area contributed by atoms with Crippen molar-refractivity contribution >= 4 is 23.4 Å². The van der Waals surface area contributed by atoms with Crippen LogP contribution in [-0.4, -0.2) is 38.1 Å². The first-order valence-electron chi connectivity index (χ1n) is 11.5. The molecule has 0 saturated heterocycles. The summed E-state index contributed by atoms with van der Waals surface area (Å²) >= 11 is 1.29. The summed E-state index contributed by atoms with van der Waals surface area (Å²) < 4.78 is 7.51. The highest BCUT2D eigenvalue weighted by atomic mass is 32.2. The number of carbonyl (C=O) groups excluding carboxylic acids is 1. The van der Waals surface area contributed by atoms with Gasteiger partial charge in [0.05, 0.1) is 18.1 Å². The number of hydrogen-bond donors (Lipinski definition) is 3. The van der Waals surface area contributed by atoms with Crippen LogP contribution in [0.25, 0.3) is 22.8 Å². The molecule has 184 valence electrons. The topological polar surface area (TPSA) is 101 Å². The Hall–Kier alpha value is -4.24. The van der Waals surface area contributed by atoms with Gasteiger partial charge in [0.2, 0.25) is 5.91 Å². The molecule has 1 heterocycles. The second kappa shape index (κ2) is 11.9. The summed E-state index contributed by atoms with van der Waals surface area (Å²) in [6.07, 6.45) is 1.84. The number of aromatic nitrogens is 3. The summed E-state index contributed by atoms with van der Waals surface area (Å²) in [6, 6.07) is 24.2. The minimum absolute atomic E-state index is 0.128. The molecule has 1 amide bonds. The Morgan fingerprint density at radius 1 is 1.00 bits per heavy atom. The molecule has 9 heteroatoms. The molecule has 0 spiro atoms. The highest BCUT2D eigenvalue weighted by Crippen LogP contribution is 2.29. The van der Waals surface area contributed by atoms with Crippen molar-refractivity contribution in [2.45, 2.75) is 19.0 Å². The highest BCUT2D eigenvalue weighted by Gasteiger charge is 2.17. The minimum atomic E-state index is -0.222. The van der Waals surface area contributed by atoms with Crippen LogP contribution < -0.4 is 15.6 Å². The van der Waals surface area contributed by atoms with E-state index < -0.39 is 0 Å². The van der Waals surface area contributed by atoms with Crippen LogP contribution in [-0.2, 0) is 4.79 Å². The van der Waals surface area contributed by atoms with Crippen LogP contribution in [0.3, 0.4) is 0 Å². The van der Waals surface area contributed by atoms with E-state index in [1.54, 1.807) is 24.3 Å². The van der Waals surface area contributed by atoms with Crippen LogP contribution in [0.5, 0.6) is 11.5 Å². The molecule has 3 aromatic carbocycles. The SMILES string of the molecule is CC=C(NNC(=O)CSc1nnc(-c2ccccc2)n1-c1ccc(OCC)cc1)c1ccc(O)cc1. The Labute approximate surface area is 214 Å². The van der Waals surface area contributed by atoms with Crippen LogP contribution in [0.2, 0.25) is 0 Å². The predicted octanol–water partition coefficient (Wildman–Crippen LogP) is 4.81. The van der Waals surface area contributed by atoms with E-state index in [9.17, 15) is 9.90 Å². The maximum atomic E-state index is 12.6. The Balaban J connectivity index is 1.49. The van der Waals surface area contributed by atoms with Crippen molar-refractivity contribution in [1.82, 2.24) is 25.6 Å². The van der Waals surface area contributed by atoms with Gasteiger partial charge in [-0.2, -0.15) is 0 Å². The molecule has 0 aliphatic carbocycles. The Morgan fingerprint density at radius 2 is 1.72 bits per heavy atom. The number of carbonyl (C=O) groups is 1. The third-order valence-corrected chi connectivity index (χ3v) is 6.14. The van der Waals surface area contributed by atoms with E-state index >= 15 is 0 Å². The number of rotatable bonds is 10. The van der Waals surface area contributed by atoms with Gasteiger partial charge in [0, 0.05) is 11.3 Å². The lowest BCUT2D eigenvalue weighted by Crippen LogP contribution is -2.37. The van der Waals surface area contributed by atoms with E-state index in [-0.39, 0.29) is 17.4 Å². The first-order chi connectivity index (χ1) is 17.6. The molecule has 0 aliphatic heterocycles. The van der Waals surface area contributed by atoms with Crippen LogP contribution in [0, 0.1) is 0 Å². The normalized spacial score (nSPS) is 11.2. The Morgan fingerprint density at radius 3 is 2.39 bits per heavy atom. The van der Waals surface area contributed by atoms with Crippen molar-refractivity contribution in [3.63, 3.8) is 0 Å². The van der Waals surface area contributed by atoms with Crippen LogP contribution >= 0.6 is 11.8 Å². The smallest absolute Gasteiger partial charge is 0.248 e. The predicted molar refractivity (Wildman–Crippen MR) is 142 cm³/mol. The number of allylic oxidation sites excluding steroid dienone is 1. The molecule has 36 heavy (non-hydrogen) atoms. The molecule has 0 radical (unpaired) electrons. The minimum Gasteiger partial charge on any atom is -0.508 e. The number of nitrogens with zero attached hydrogens (tertiary/aromatic N) is 3. The molecular formula is C27H27N5O3S. The second-order valence-corrected chi connectivity index (χ2v) is 8.59. The van der Waals surface area contributed by atoms with E-state index in [4.69, 9.17) is 4.74 Å². The van der Waals surface area contributed by atoms with Gasteiger partial charge in [-0.05, 0) is 67.9 Å². The van der Waals surface area contributed by atoms with E-state index in [1.807, 2.05) is 79.1 Å². The van der Waals surface area contributed by atoms with Gasteiger partial charge in [0.15, 0.2) is 11.0 Å². The molecule has 0 atom stereocenters. The van der Waals surface area contributed by atoms with Crippen LogP contribution in [0.1, 0.15) is 19.4 Å².